The van der Waals surface area contributed by atoms with Crippen molar-refractivity contribution in [1.82, 2.24) is 0 Å². The number of nitrogens with zero attached hydrogens (tertiary/aromatic N) is 1. The smallest absolute Gasteiger partial charge is 0.173 e. The molecule has 0 aromatic heterocycles. The van der Waals surface area contributed by atoms with E-state index in [1.54, 1.807) is 13.1 Å². The van der Waals surface area contributed by atoms with E-state index < -0.39 is 11.4 Å². The maximum atomic E-state index is 13.2. The van der Waals surface area contributed by atoms with Crippen LogP contribution in [0.25, 0.3) is 0 Å². The Balaban J connectivity index is 3.17. The zero-order chi connectivity index (χ0) is 10.8. The highest BCUT2D eigenvalue weighted by Crippen LogP contribution is 2.23. The Morgan fingerprint density at radius 2 is 2.21 bits per heavy atom. The van der Waals surface area contributed by atoms with Gasteiger partial charge in [-0.25, -0.2) is 4.39 Å². The average molecular weight is 194 g/mol. The number of nitrogens with one attached hydrogen (secondary N) is 1. The molecular weight excluding hydrogens is 183 g/mol. The van der Waals surface area contributed by atoms with Gasteiger partial charge in [0, 0.05) is 12.6 Å². The maximum Gasteiger partial charge on any atom is 0.173 e. The topological polar surface area (TPSA) is 56.0 Å². The van der Waals surface area contributed by atoms with Gasteiger partial charge in [0.25, 0.3) is 0 Å². The van der Waals surface area contributed by atoms with Crippen molar-refractivity contribution in [3.8, 4) is 6.07 Å². The van der Waals surface area contributed by atoms with Crippen LogP contribution in [0.1, 0.15) is 12.5 Å². The van der Waals surface area contributed by atoms with Crippen LogP contribution in [0.5, 0.6) is 0 Å². The Morgan fingerprint density at radius 3 is 2.64 bits per heavy atom. The summed E-state index contributed by atoms with van der Waals surface area (Å²) in [6.07, 6.45) is 0. The van der Waals surface area contributed by atoms with E-state index in [1.165, 1.54) is 19.1 Å². The molecule has 3 nitrogen and oxygen atoms in total. The van der Waals surface area contributed by atoms with Gasteiger partial charge < -0.3 is 10.4 Å². The molecule has 0 bridgehead atoms. The van der Waals surface area contributed by atoms with Crippen LogP contribution in [0.3, 0.4) is 0 Å². The molecule has 0 saturated heterocycles. The van der Waals surface area contributed by atoms with Crippen molar-refractivity contribution in [1.29, 1.82) is 5.26 Å². The SMILES string of the molecule is CNc1ccc(C(C)(O)C#N)cc1F. The monoisotopic (exact) mass is 194 g/mol. The third-order valence-electron chi connectivity index (χ3n) is 2.02. The molecule has 0 radical (unpaired) electrons. The summed E-state index contributed by atoms with van der Waals surface area (Å²) in [5, 5.41) is 20.8. The second kappa shape index (κ2) is 3.64. The summed E-state index contributed by atoms with van der Waals surface area (Å²) in [5.41, 5.74) is -1.06. The van der Waals surface area contributed by atoms with Gasteiger partial charge in [0.05, 0.1) is 5.69 Å². The molecule has 0 saturated carbocycles. The molecule has 0 spiro atoms. The number of anilines is 1. The van der Waals surface area contributed by atoms with Gasteiger partial charge >= 0.3 is 0 Å². The largest absolute Gasteiger partial charge is 0.386 e. The molecule has 0 fully saturated rings. The van der Waals surface area contributed by atoms with Crippen LogP contribution in [0.2, 0.25) is 0 Å². The molecule has 0 aliphatic carbocycles. The van der Waals surface area contributed by atoms with Crippen LogP contribution in [0, 0.1) is 17.1 Å². The van der Waals surface area contributed by atoms with Crippen molar-refractivity contribution in [2.45, 2.75) is 12.5 Å². The Labute approximate surface area is 81.8 Å². The predicted octanol–water partition coefficient (Wildman–Crippen LogP) is 1.60. The quantitative estimate of drug-likeness (QED) is 0.703. The Hall–Kier alpha value is -1.60. The molecule has 1 unspecified atom stereocenters. The molecule has 0 heterocycles. The number of hydrogen-bond acceptors (Lipinski definition) is 3. The van der Waals surface area contributed by atoms with Gasteiger partial charge in [-0.05, 0) is 19.1 Å². The minimum atomic E-state index is -1.65. The number of benzene rings is 1. The number of nitriles is 1. The van der Waals surface area contributed by atoms with Crippen molar-refractivity contribution in [3.05, 3.63) is 29.6 Å². The van der Waals surface area contributed by atoms with E-state index in [9.17, 15) is 9.50 Å². The zero-order valence-electron chi connectivity index (χ0n) is 8.00. The minimum absolute atomic E-state index is 0.247. The van der Waals surface area contributed by atoms with E-state index in [4.69, 9.17) is 5.26 Å². The fraction of sp³-hybridized carbons (Fsp3) is 0.300. The summed E-state index contributed by atoms with van der Waals surface area (Å²) in [6, 6.07) is 5.83. The first-order valence-corrected chi connectivity index (χ1v) is 4.12. The lowest BCUT2D eigenvalue weighted by atomic mass is 9.97. The summed E-state index contributed by atoms with van der Waals surface area (Å²) in [7, 11) is 1.60. The lowest BCUT2D eigenvalue weighted by Gasteiger charge is -2.15. The van der Waals surface area contributed by atoms with Gasteiger partial charge in [0.1, 0.15) is 11.9 Å². The second-order valence-electron chi connectivity index (χ2n) is 3.13. The highest BCUT2D eigenvalue weighted by molar-refractivity contribution is 5.47. The average Bonchev–Trinajstić information content (AvgIpc) is 2.17. The molecule has 1 aromatic rings. The Kier molecular flexibility index (Phi) is 2.73. The number of halogens is 1. The maximum absolute atomic E-state index is 13.2. The lowest BCUT2D eigenvalue weighted by molar-refractivity contribution is 0.119. The summed E-state index contributed by atoms with van der Waals surface area (Å²) >= 11 is 0. The van der Waals surface area contributed by atoms with E-state index >= 15 is 0 Å². The number of hydrogen-bond donors (Lipinski definition) is 2. The van der Waals surface area contributed by atoms with E-state index in [1.807, 2.05) is 0 Å². The first kappa shape index (κ1) is 10.5. The summed E-state index contributed by atoms with van der Waals surface area (Å²) < 4.78 is 13.2. The highest BCUT2D eigenvalue weighted by Gasteiger charge is 2.23. The van der Waals surface area contributed by atoms with E-state index in [0.29, 0.717) is 5.69 Å². The van der Waals surface area contributed by atoms with Crippen LogP contribution in [0.4, 0.5) is 10.1 Å². The molecule has 1 atom stereocenters. The van der Waals surface area contributed by atoms with Gasteiger partial charge in [-0.15, -0.1) is 0 Å². The van der Waals surface area contributed by atoms with Crippen LogP contribution in [-0.2, 0) is 5.60 Å². The Bertz CT molecular complexity index is 382. The van der Waals surface area contributed by atoms with Crippen molar-refractivity contribution in [2.24, 2.45) is 0 Å². The van der Waals surface area contributed by atoms with E-state index in [0.717, 1.165) is 6.07 Å². The molecule has 0 aliphatic rings. The molecule has 74 valence electrons. The lowest BCUT2D eigenvalue weighted by Crippen LogP contribution is -2.18. The normalized spacial score (nSPS) is 14.2. The molecular formula is C10H11FN2O. The van der Waals surface area contributed by atoms with Gasteiger partial charge in [-0.1, -0.05) is 6.07 Å². The molecule has 0 aliphatic heterocycles. The van der Waals surface area contributed by atoms with Crippen LogP contribution in [-0.4, -0.2) is 12.2 Å². The summed E-state index contributed by atoms with van der Waals surface area (Å²) in [4.78, 5) is 0. The van der Waals surface area contributed by atoms with Crippen molar-refractivity contribution in [2.75, 3.05) is 12.4 Å². The molecule has 4 heteroatoms. The zero-order valence-corrected chi connectivity index (χ0v) is 8.00. The first-order chi connectivity index (χ1) is 6.51. The van der Waals surface area contributed by atoms with E-state index in [-0.39, 0.29) is 5.56 Å². The molecule has 2 N–H and O–H groups in total. The third-order valence-corrected chi connectivity index (χ3v) is 2.02. The fourth-order valence-corrected chi connectivity index (χ4v) is 1.09. The minimum Gasteiger partial charge on any atom is -0.386 e. The summed E-state index contributed by atoms with van der Waals surface area (Å²) in [6.45, 7) is 1.32. The van der Waals surface area contributed by atoms with Crippen LogP contribution >= 0.6 is 0 Å². The number of rotatable bonds is 2. The third kappa shape index (κ3) is 1.83. The van der Waals surface area contributed by atoms with Crippen molar-refractivity contribution in [3.63, 3.8) is 0 Å². The second-order valence-corrected chi connectivity index (χ2v) is 3.13. The molecule has 1 aromatic carbocycles. The van der Waals surface area contributed by atoms with Crippen molar-refractivity contribution < 1.29 is 9.50 Å². The summed E-state index contributed by atoms with van der Waals surface area (Å²) in [5.74, 6) is -0.486. The van der Waals surface area contributed by atoms with Crippen LogP contribution < -0.4 is 5.32 Å². The highest BCUT2D eigenvalue weighted by atomic mass is 19.1. The van der Waals surface area contributed by atoms with E-state index in [2.05, 4.69) is 5.32 Å². The van der Waals surface area contributed by atoms with Gasteiger partial charge in [-0.3, -0.25) is 0 Å². The molecule has 14 heavy (non-hydrogen) atoms. The first-order valence-electron chi connectivity index (χ1n) is 4.12. The molecule has 1 rings (SSSR count). The van der Waals surface area contributed by atoms with Gasteiger partial charge in [0.15, 0.2) is 5.60 Å². The van der Waals surface area contributed by atoms with Crippen LogP contribution in [0.15, 0.2) is 18.2 Å². The van der Waals surface area contributed by atoms with Gasteiger partial charge in [0.2, 0.25) is 0 Å². The standard InChI is InChI=1S/C10H11FN2O/c1-10(14,6-12)7-3-4-9(13-2)8(11)5-7/h3-5,13-14H,1-2H3. The predicted molar refractivity (Wildman–Crippen MR) is 51.1 cm³/mol. The Morgan fingerprint density at radius 1 is 1.57 bits per heavy atom. The number of aliphatic hydroxyl groups is 1. The fourth-order valence-electron chi connectivity index (χ4n) is 1.09. The van der Waals surface area contributed by atoms with Gasteiger partial charge in [-0.2, -0.15) is 5.26 Å². The van der Waals surface area contributed by atoms with Crippen molar-refractivity contribution >= 4 is 5.69 Å². The molecule has 0 amide bonds.